The topological polar surface area (TPSA) is 49.2 Å². The summed E-state index contributed by atoms with van der Waals surface area (Å²) in [7, 11) is 3.57. The molecule has 0 bridgehead atoms. The molecule has 5 heteroatoms. The first-order chi connectivity index (χ1) is 11.1. The quantitative estimate of drug-likeness (QED) is 0.729. The first kappa shape index (κ1) is 13.8. The zero-order valence-corrected chi connectivity index (χ0v) is 13.3. The lowest BCUT2D eigenvalue weighted by molar-refractivity contribution is 0.363. The molecule has 0 aliphatic carbocycles. The number of aromatic nitrogens is 3. The molecule has 3 heterocycles. The van der Waals surface area contributed by atoms with E-state index in [-0.39, 0.29) is 0 Å². The van der Waals surface area contributed by atoms with Crippen molar-refractivity contribution in [3.8, 4) is 11.5 Å². The van der Waals surface area contributed by atoms with E-state index < -0.39 is 0 Å². The molecular formula is C18H17N3O2. The summed E-state index contributed by atoms with van der Waals surface area (Å²) in [5.74, 6) is 1.68. The van der Waals surface area contributed by atoms with Crippen molar-refractivity contribution in [3.63, 3.8) is 0 Å². The highest BCUT2D eigenvalue weighted by atomic mass is 16.5. The van der Waals surface area contributed by atoms with Crippen LogP contribution in [-0.4, -0.2) is 28.5 Å². The van der Waals surface area contributed by atoms with Crippen LogP contribution in [0.5, 0.6) is 11.5 Å². The molecule has 4 rings (SSSR count). The Labute approximate surface area is 134 Å². The van der Waals surface area contributed by atoms with Gasteiger partial charge in [0, 0.05) is 29.8 Å². The second kappa shape index (κ2) is 5.12. The number of pyridine rings is 1. The molecule has 0 amide bonds. The minimum atomic E-state index is 0.504. The maximum atomic E-state index is 5.86. The molecule has 1 aliphatic rings. The van der Waals surface area contributed by atoms with Crippen molar-refractivity contribution < 1.29 is 9.47 Å². The molecule has 2 aromatic heterocycles. The predicted octanol–water partition coefficient (Wildman–Crippen LogP) is 3.22. The number of hydrogen-bond donors (Lipinski definition) is 0. The maximum absolute atomic E-state index is 5.86. The van der Waals surface area contributed by atoms with E-state index in [4.69, 9.17) is 9.47 Å². The van der Waals surface area contributed by atoms with E-state index in [0.29, 0.717) is 6.61 Å². The summed E-state index contributed by atoms with van der Waals surface area (Å²) in [6.07, 6.45) is 4.10. The van der Waals surface area contributed by atoms with Gasteiger partial charge in [0.25, 0.3) is 0 Å². The van der Waals surface area contributed by atoms with Crippen LogP contribution in [0.3, 0.4) is 0 Å². The van der Waals surface area contributed by atoms with Crippen molar-refractivity contribution in [2.45, 2.75) is 6.92 Å². The molecular weight excluding hydrogens is 290 g/mol. The van der Waals surface area contributed by atoms with Crippen LogP contribution in [-0.2, 0) is 7.05 Å². The van der Waals surface area contributed by atoms with Crippen LogP contribution in [0.2, 0.25) is 0 Å². The molecule has 0 saturated heterocycles. The zero-order valence-electron chi connectivity index (χ0n) is 13.3. The Morgan fingerprint density at radius 2 is 2.13 bits per heavy atom. The highest BCUT2D eigenvalue weighted by molar-refractivity contribution is 5.88. The summed E-state index contributed by atoms with van der Waals surface area (Å²) in [6.45, 7) is 2.58. The maximum Gasteiger partial charge on any atom is 0.181 e. The number of aryl methyl sites for hydroxylation is 2. The van der Waals surface area contributed by atoms with Gasteiger partial charge in [0.15, 0.2) is 5.65 Å². The number of nitrogens with zero attached hydrogens (tertiary/aromatic N) is 3. The van der Waals surface area contributed by atoms with Gasteiger partial charge in [-0.05, 0) is 42.8 Å². The Balaban J connectivity index is 1.82. The molecule has 116 valence electrons. The normalized spacial score (nSPS) is 13.4. The van der Waals surface area contributed by atoms with Crippen LogP contribution in [0, 0.1) is 6.92 Å². The fraction of sp³-hybridized carbons (Fsp3) is 0.222. The molecule has 1 aromatic carbocycles. The lowest BCUT2D eigenvalue weighted by atomic mass is 10.0. The number of benzene rings is 1. The van der Waals surface area contributed by atoms with E-state index in [0.717, 1.165) is 44.9 Å². The third kappa shape index (κ3) is 2.34. The molecule has 0 N–H and O–H groups in total. The van der Waals surface area contributed by atoms with Gasteiger partial charge >= 0.3 is 0 Å². The SMILES string of the molecule is COc1ccc2c(c1)C=C(c1cc(C)c3cn(C)nc3n1)CO2. The molecule has 0 radical (unpaired) electrons. The van der Waals surface area contributed by atoms with Gasteiger partial charge in [0.05, 0.1) is 12.8 Å². The van der Waals surface area contributed by atoms with Crippen LogP contribution in [0.15, 0.2) is 30.5 Å². The fourth-order valence-electron chi connectivity index (χ4n) is 2.86. The van der Waals surface area contributed by atoms with Gasteiger partial charge in [-0.3, -0.25) is 4.68 Å². The Hall–Kier alpha value is -2.82. The first-order valence-electron chi connectivity index (χ1n) is 7.47. The number of hydrogen-bond acceptors (Lipinski definition) is 4. The molecule has 23 heavy (non-hydrogen) atoms. The Morgan fingerprint density at radius 3 is 2.96 bits per heavy atom. The van der Waals surface area contributed by atoms with Crippen molar-refractivity contribution in [2.24, 2.45) is 7.05 Å². The van der Waals surface area contributed by atoms with Gasteiger partial charge in [-0.2, -0.15) is 5.10 Å². The zero-order chi connectivity index (χ0) is 16.0. The van der Waals surface area contributed by atoms with Gasteiger partial charge in [-0.15, -0.1) is 0 Å². The monoisotopic (exact) mass is 307 g/mol. The molecule has 0 saturated carbocycles. The van der Waals surface area contributed by atoms with Gasteiger partial charge in [0.1, 0.15) is 18.1 Å². The summed E-state index contributed by atoms with van der Waals surface area (Å²) in [5, 5.41) is 5.50. The van der Waals surface area contributed by atoms with Crippen LogP contribution in [0.25, 0.3) is 22.7 Å². The highest BCUT2D eigenvalue weighted by Gasteiger charge is 2.16. The van der Waals surface area contributed by atoms with E-state index >= 15 is 0 Å². The largest absolute Gasteiger partial charge is 0.497 e. The average molecular weight is 307 g/mol. The number of ether oxygens (including phenoxy) is 2. The van der Waals surface area contributed by atoms with Crippen molar-refractivity contribution in [1.29, 1.82) is 0 Å². The minimum Gasteiger partial charge on any atom is -0.497 e. The summed E-state index contributed by atoms with van der Waals surface area (Å²) in [6, 6.07) is 7.90. The average Bonchev–Trinajstić information content (AvgIpc) is 2.94. The highest BCUT2D eigenvalue weighted by Crippen LogP contribution is 2.33. The molecule has 0 spiro atoms. The molecule has 3 aromatic rings. The van der Waals surface area contributed by atoms with Crippen molar-refractivity contribution in [3.05, 3.63) is 47.3 Å². The van der Waals surface area contributed by atoms with Gasteiger partial charge < -0.3 is 9.47 Å². The Morgan fingerprint density at radius 1 is 1.26 bits per heavy atom. The van der Waals surface area contributed by atoms with Crippen LogP contribution < -0.4 is 9.47 Å². The van der Waals surface area contributed by atoms with Crippen LogP contribution in [0.4, 0.5) is 0 Å². The number of rotatable bonds is 2. The van der Waals surface area contributed by atoms with E-state index in [1.54, 1.807) is 11.8 Å². The molecule has 0 atom stereocenters. The number of fused-ring (bicyclic) bond motifs is 2. The fourth-order valence-corrected chi connectivity index (χ4v) is 2.86. The smallest absolute Gasteiger partial charge is 0.181 e. The molecule has 1 aliphatic heterocycles. The van der Waals surface area contributed by atoms with Gasteiger partial charge in [0.2, 0.25) is 0 Å². The molecule has 0 unspecified atom stereocenters. The minimum absolute atomic E-state index is 0.504. The predicted molar refractivity (Wildman–Crippen MR) is 89.6 cm³/mol. The van der Waals surface area contributed by atoms with Gasteiger partial charge in [-0.1, -0.05) is 0 Å². The Bertz CT molecular complexity index is 941. The lowest BCUT2D eigenvalue weighted by Gasteiger charge is -2.18. The van der Waals surface area contributed by atoms with Crippen molar-refractivity contribution in [2.75, 3.05) is 13.7 Å². The van der Waals surface area contributed by atoms with E-state index in [9.17, 15) is 0 Å². The van der Waals surface area contributed by atoms with Crippen LogP contribution in [0.1, 0.15) is 16.8 Å². The molecule has 5 nitrogen and oxygen atoms in total. The van der Waals surface area contributed by atoms with E-state index in [1.807, 2.05) is 31.4 Å². The summed E-state index contributed by atoms with van der Waals surface area (Å²) < 4.78 is 12.9. The third-order valence-electron chi connectivity index (χ3n) is 4.07. The van der Waals surface area contributed by atoms with E-state index in [1.165, 1.54) is 0 Å². The van der Waals surface area contributed by atoms with Crippen molar-refractivity contribution >= 4 is 22.7 Å². The van der Waals surface area contributed by atoms with Gasteiger partial charge in [-0.25, -0.2) is 4.98 Å². The van der Waals surface area contributed by atoms with E-state index in [2.05, 4.69) is 29.1 Å². The lowest BCUT2D eigenvalue weighted by Crippen LogP contribution is -2.08. The number of methoxy groups -OCH3 is 1. The van der Waals surface area contributed by atoms with Crippen LogP contribution >= 0.6 is 0 Å². The second-order valence-electron chi connectivity index (χ2n) is 5.73. The first-order valence-corrected chi connectivity index (χ1v) is 7.47. The summed E-state index contributed by atoms with van der Waals surface area (Å²) in [4.78, 5) is 4.68. The third-order valence-corrected chi connectivity index (χ3v) is 4.07. The van der Waals surface area contributed by atoms with Crippen molar-refractivity contribution in [1.82, 2.24) is 14.8 Å². The summed E-state index contributed by atoms with van der Waals surface area (Å²) >= 11 is 0. The summed E-state index contributed by atoms with van der Waals surface area (Å²) in [5.41, 5.74) is 4.88. The standard InChI is InChI=1S/C18H17N3O2/c1-11-6-16(19-18-15(11)9-21(2)20-18)13-7-12-8-14(22-3)4-5-17(12)23-10-13/h4-9H,10H2,1-3H3. The molecule has 0 fully saturated rings. The Kier molecular flexibility index (Phi) is 3.08. The second-order valence-corrected chi connectivity index (χ2v) is 5.73.